The van der Waals surface area contributed by atoms with E-state index in [1.54, 1.807) is 20.8 Å². The summed E-state index contributed by atoms with van der Waals surface area (Å²) in [6, 6.07) is 0. The van der Waals surface area contributed by atoms with Crippen LogP contribution in [-0.2, 0) is 4.74 Å². The van der Waals surface area contributed by atoms with Crippen molar-refractivity contribution in [2.45, 2.75) is 32.8 Å². The molecule has 0 aliphatic heterocycles. The van der Waals surface area contributed by atoms with Gasteiger partial charge in [-0.15, -0.1) is 6.42 Å². The normalized spacial score (nSPS) is 10.6. The Morgan fingerprint density at radius 1 is 1.56 bits per heavy atom. The topological polar surface area (TPSA) is 68.3 Å². The number of terminal acetylenes is 1. The molecule has 96 valence electrons. The molecule has 0 aliphatic rings. The standard InChI is InChI=1S/C12H14N2O3S/c1-5-6-8(15)9-7-13-10(18-9)14-11(16)17-12(2,3)4/h1,7H,6H2,2-4H3,(H,13,14,16). The van der Waals surface area contributed by atoms with Gasteiger partial charge in [-0.05, 0) is 20.8 Å². The highest BCUT2D eigenvalue weighted by Gasteiger charge is 2.18. The molecule has 0 fully saturated rings. The van der Waals surface area contributed by atoms with E-state index in [4.69, 9.17) is 11.2 Å². The fraction of sp³-hybridized carbons (Fsp3) is 0.417. The van der Waals surface area contributed by atoms with Gasteiger partial charge in [0.05, 0.1) is 17.5 Å². The summed E-state index contributed by atoms with van der Waals surface area (Å²) in [6.07, 6.45) is 5.85. The van der Waals surface area contributed by atoms with Crippen LogP contribution in [0.1, 0.15) is 36.9 Å². The number of rotatable bonds is 3. The largest absolute Gasteiger partial charge is 0.444 e. The van der Waals surface area contributed by atoms with E-state index in [9.17, 15) is 9.59 Å². The molecule has 6 heteroatoms. The third kappa shape index (κ3) is 4.55. The van der Waals surface area contributed by atoms with E-state index in [0.717, 1.165) is 11.3 Å². The van der Waals surface area contributed by atoms with E-state index >= 15 is 0 Å². The third-order valence-electron chi connectivity index (χ3n) is 1.65. The van der Waals surface area contributed by atoms with Crippen molar-refractivity contribution in [3.05, 3.63) is 11.1 Å². The average Bonchev–Trinajstić information content (AvgIpc) is 2.63. The van der Waals surface area contributed by atoms with Gasteiger partial charge in [-0.25, -0.2) is 9.78 Å². The zero-order valence-electron chi connectivity index (χ0n) is 10.4. The minimum atomic E-state index is -0.604. The molecule has 1 amide bonds. The highest BCUT2D eigenvalue weighted by atomic mass is 32.1. The van der Waals surface area contributed by atoms with Crippen molar-refractivity contribution in [2.75, 3.05) is 5.32 Å². The number of amides is 1. The molecule has 1 N–H and O–H groups in total. The van der Waals surface area contributed by atoms with Crippen LogP contribution in [-0.4, -0.2) is 22.5 Å². The molecule has 0 saturated heterocycles. The van der Waals surface area contributed by atoms with Crippen molar-refractivity contribution in [3.63, 3.8) is 0 Å². The van der Waals surface area contributed by atoms with Crippen molar-refractivity contribution >= 4 is 28.3 Å². The predicted octanol–water partition coefficient (Wildman–Crippen LogP) is 2.70. The van der Waals surface area contributed by atoms with Crippen molar-refractivity contribution in [3.8, 4) is 12.3 Å². The molecule has 0 unspecified atom stereocenters. The molecule has 0 aromatic carbocycles. The van der Waals surface area contributed by atoms with Gasteiger partial charge in [0, 0.05) is 0 Å². The molecule has 1 aromatic rings. The van der Waals surface area contributed by atoms with Crippen LogP contribution in [0.2, 0.25) is 0 Å². The summed E-state index contributed by atoms with van der Waals surface area (Å²) in [5.41, 5.74) is -0.580. The zero-order valence-corrected chi connectivity index (χ0v) is 11.3. The van der Waals surface area contributed by atoms with Crippen LogP contribution in [0.15, 0.2) is 6.20 Å². The molecule has 0 spiro atoms. The second-order valence-electron chi connectivity index (χ2n) is 4.46. The number of hydrogen-bond acceptors (Lipinski definition) is 5. The number of carbonyl (C=O) groups is 2. The Labute approximate surface area is 110 Å². The predicted molar refractivity (Wildman–Crippen MR) is 69.8 cm³/mol. The van der Waals surface area contributed by atoms with Gasteiger partial charge in [-0.3, -0.25) is 10.1 Å². The van der Waals surface area contributed by atoms with Gasteiger partial charge >= 0.3 is 6.09 Å². The highest BCUT2D eigenvalue weighted by molar-refractivity contribution is 7.17. The SMILES string of the molecule is C#CCC(=O)c1cnc(NC(=O)OC(C)(C)C)s1. The van der Waals surface area contributed by atoms with Crippen molar-refractivity contribution in [2.24, 2.45) is 0 Å². The first-order valence-corrected chi connectivity index (χ1v) is 6.06. The minimum Gasteiger partial charge on any atom is -0.444 e. The Morgan fingerprint density at radius 3 is 2.78 bits per heavy atom. The number of nitrogens with zero attached hydrogens (tertiary/aromatic N) is 1. The van der Waals surface area contributed by atoms with E-state index in [1.165, 1.54) is 6.20 Å². The number of Topliss-reactive ketones (excluding diaryl/α,β-unsaturated/α-hetero) is 1. The Balaban J connectivity index is 2.62. The lowest BCUT2D eigenvalue weighted by Crippen LogP contribution is -2.27. The summed E-state index contributed by atoms with van der Waals surface area (Å²) < 4.78 is 5.06. The number of anilines is 1. The molecule has 0 bridgehead atoms. The Bertz CT molecular complexity index is 494. The zero-order chi connectivity index (χ0) is 13.8. The first-order chi connectivity index (χ1) is 8.31. The van der Waals surface area contributed by atoms with Crippen molar-refractivity contribution in [1.29, 1.82) is 0 Å². The fourth-order valence-corrected chi connectivity index (χ4v) is 1.77. The lowest BCUT2D eigenvalue weighted by molar-refractivity contribution is 0.0635. The van der Waals surface area contributed by atoms with Crippen LogP contribution in [0, 0.1) is 12.3 Å². The summed E-state index contributed by atoms with van der Waals surface area (Å²) in [7, 11) is 0. The third-order valence-corrected chi connectivity index (χ3v) is 2.60. The molecular formula is C12H14N2O3S. The Kier molecular flexibility index (Phi) is 4.45. The van der Waals surface area contributed by atoms with Crippen LogP contribution in [0.4, 0.5) is 9.93 Å². The van der Waals surface area contributed by atoms with E-state index in [1.807, 2.05) is 0 Å². The van der Waals surface area contributed by atoms with Gasteiger partial charge in [0.25, 0.3) is 0 Å². The van der Waals surface area contributed by atoms with Crippen LogP contribution in [0.5, 0.6) is 0 Å². The number of ether oxygens (including phenoxy) is 1. The lowest BCUT2D eigenvalue weighted by atomic mass is 10.2. The van der Waals surface area contributed by atoms with Crippen molar-refractivity contribution in [1.82, 2.24) is 4.98 Å². The molecule has 0 radical (unpaired) electrons. The summed E-state index contributed by atoms with van der Waals surface area (Å²) in [5, 5.41) is 2.77. The number of nitrogens with one attached hydrogen (secondary N) is 1. The maximum Gasteiger partial charge on any atom is 0.413 e. The average molecular weight is 266 g/mol. The van der Waals surface area contributed by atoms with Crippen molar-refractivity contribution < 1.29 is 14.3 Å². The monoisotopic (exact) mass is 266 g/mol. The first kappa shape index (κ1) is 14.2. The summed E-state index contributed by atoms with van der Waals surface area (Å²) in [6.45, 7) is 5.28. The smallest absolute Gasteiger partial charge is 0.413 e. The summed E-state index contributed by atoms with van der Waals surface area (Å²) in [4.78, 5) is 27.2. The molecule has 18 heavy (non-hydrogen) atoms. The lowest BCUT2D eigenvalue weighted by Gasteiger charge is -2.18. The van der Waals surface area contributed by atoms with E-state index in [2.05, 4.69) is 16.2 Å². The Morgan fingerprint density at radius 2 is 2.22 bits per heavy atom. The Hall–Kier alpha value is -1.87. The second kappa shape index (κ2) is 5.65. The molecule has 0 aliphatic carbocycles. The molecule has 1 rings (SSSR count). The molecule has 0 saturated carbocycles. The fourth-order valence-electron chi connectivity index (χ4n) is 1.03. The molecule has 1 aromatic heterocycles. The first-order valence-electron chi connectivity index (χ1n) is 5.24. The van der Waals surface area contributed by atoms with Crippen LogP contribution < -0.4 is 5.32 Å². The van der Waals surface area contributed by atoms with E-state index in [0.29, 0.717) is 10.0 Å². The van der Waals surface area contributed by atoms with Gasteiger partial charge in [0.15, 0.2) is 10.9 Å². The number of carbonyl (C=O) groups excluding carboxylic acids is 2. The summed E-state index contributed by atoms with van der Waals surface area (Å²) >= 11 is 1.07. The van der Waals surface area contributed by atoms with Crippen LogP contribution in [0.25, 0.3) is 0 Å². The highest BCUT2D eigenvalue weighted by Crippen LogP contribution is 2.20. The number of thiazole rings is 1. The maximum atomic E-state index is 11.5. The van der Waals surface area contributed by atoms with Gasteiger partial charge in [0.1, 0.15) is 5.60 Å². The van der Waals surface area contributed by atoms with E-state index < -0.39 is 11.7 Å². The molecule has 1 heterocycles. The van der Waals surface area contributed by atoms with Gasteiger partial charge in [0.2, 0.25) is 0 Å². The number of ketones is 1. The second-order valence-corrected chi connectivity index (χ2v) is 5.49. The number of aromatic nitrogens is 1. The number of hydrogen-bond donors (Lipinski definition) is 1. The van der Waals surface area contributed by atoms with Gasteiger partial charge in [-0.2, -0.15) is 0 Å². The van der Waals surface area contributed by atoms with Crippen LogP contribution >= 0.6 is 11.3 Å². The quantitative estimate of drug-likeness (QED) is 0.674. The van der Waals surface area contributed by atoms with Crippen LogP contribution in [0.3, 0.4) is 0 Å². The maximum absolute atomic E-state index is 11.5. The minimum absolute atomic E-state index is 0.0219. The molecule has 5 nitrogen and oxygen atoms in total. The van der Waals surface area contributed by atoms with Gasteiger partial charge in [-0.1, -0.05) is 17.3 Å². The van der Waals surface area contributed by atoms with E-state index in [-0.39, 0.29) is 12.2 Å². The molecular weight excluding hydrogens is 252 g/mol. The van der Waals surface area contributed by atoms with Gasteiger partial charge < -0.3 is 4.74 Å². The summed E-state index contributed by atoms with van der Waals surface area (Å²) in [5.74, 6) is 2.08. The molecule has 0 atom stereocenters.